The number of hydrogen-bond donors (Lipinski definition) is 2. The summed E-state index contributed by atoms with van der Waals surface area (Å²) in [6.07, 6.45) is 0. The molecule has 1 aromatic carbocycles. The molecule has 0 aromatic heterocycles. The zero-order valence-corrected chi connectivity index (χ0v) is 9.08. The van der Waals surface area contributed by atoms with Crippen molar-refractivity contribution in [3.63, 3.8) is 0 Å². The van der Waals surface area contributed by atoms with Crippen LogP contribution in [0, 0.1) is 17.6 Å². The quantitative estimate of drug-likeness (QED) is 0.747. The topological polar surface area (TPSA) is 49.7 Å². The van der Waals surface area contributed by atoms with Crippen LogP contribution in [-0.4, -0.2) is 23.8 Å². The summed E-state index contributed by atoms with van der Waals surface area (Å²) in [7, 11) is -1.98. The normalized spacial score (nSPS) is 10.7. The van der Waals surface area contributed by atoms with Gasteiger partial charge in [-0.1, -0.05) is 19.9 Å². The van der Waals surface area contributed by atoms with Crippen LogP contribution in [-0.2, 0) is 0 Å². The molecular weight excluding hydrogens is 217 g/mol. The van der Waals surface area contributed by atoms with Gasteiger partial charge in [-0.25, -0.2) is 8.78 Å². The molecule has 1 rings (SSSR count). The van der Waals surface area contributed by atoms with E-state index < -0.39 is 30.0 Å². The first-order chi connectivity index (χ1) is 7.43. The number of hydrogen-bond acceptors (Lipinski definition) is 3. The third-order valence-corrected chi connectivity index (χ3v) is 1.92. The Kier molecular flexibility index (Phi) is 4.26. The number of halogens is 2. The van der Waals surface area contributed by atoms with Gasteiger partial charge in [-0.2, -0.15) is 0 Å². The second-order valence-corrected chi connectivity index (χ2v) is 3.86. The summed E-state index contributed by atoms with van der Waals surface area (Å²) in [6, 6.07) is 1.91. The van der Waals surface area contributed by atoms with E-state index in [4.69, 9.17) is 14.8 Å². The van der Waals surface area contributed by atoms with Gasteiger partial charge in [-0.3, -0.25) is 0 Å². The standard InChI is InChI=1S/C10H13BF2O3/c1-6(2)5-16-10-8(12)4-3-7(9(10)13)11(14)15/h3-4,6,14-15H,5H2,1-2H3. The van der Waals surface area contributed by atoms with E-state index in [1.165, 1.54) is 0 Å². The van der Waals surface area contributed by atoms with Crippen LogP contribution >= 0.6 is 0 Å². The maximum Gasteiger partial charge on any atom is 0.491 e. The summed E-state index contributed by atoms with van der Waals surface area (Å²) in [5.41, 5.74) is -0.403. The molecule has 0 aliphatic rings. The Bertz CT molecular complexity index is 369. The first-order valence-electron chi connectivity index (χ1n) is 4.90. The largest absolute Gasteiger partial charge is 0.491 e. The van der Waals surface area contributed by atoms with Gasteiger partial charge in [0.05, 0.1) is 6.61 Å². The number of benzene rings is 1. The van der Waals surface area contributed by atoms with Gasteiger partial charge in [0.2, 0.25) is 0 Å². The second-order valence-electron chi connectivity index (χ2n) is 3.86. The molecule has 0 saturated heterocycles. The van der Waals surface area contributed by atoms with Gasteiger partial charge in [0.1, 0.15) is 0 Å². The Morgan fingerprint density at radius 3 is 2.44 bits per heavy atom. The van der Waals surface area contributed by atoms with Crippen LogP contribution in [0.2, 0.25) is 0 Å². The first kappa shape index (κ1) is 12.9. The molecular formula is C10H13BF2O3. The maximum atomic E-state index is 13.5. The minimum absolute atomic E-state index is 0.113. The molecule has 0 atom stereocenters. The van der Waals surface area contributed by atoms with Crippen LogP contribution in [0.3, 0.4) is 0 Å². The van der Waals surface area contributed by atoms with Crippen molar-refractivity contribution in [1.82, 2.24) is 0 Å². The predicted molar refractivity (Wildman–Crippen MR) is 56.5 cm³/mol. The van der Waals surface area contributed by atoms with E-state index >= 15 is 0 Å². The van der Waals surface area contributed by atoms with Crippen molar-refractivity contribution >= 4 is 12.6 Å². The molecule has 16 heavy (non-hydrogen) atoms. The lowest BCUT2D eigenvalue weighted by Gasteiger charge is -2.12. The molecule has 0 fully saturated rings. The van der Waals surface area contributed by atoms with Gasteiger partial charge < -0.3 is 14.8 Å². The maximum absolute atomic E-state index is 13.5. The summed E-state index contributed by atoms with van der Waals surface area (Å²) >= 11 is 0. The highest BCUT2D eigenvalue weighted by Crippen LogP contribution is 2.20. The van der Waals surface area contributed by atoms with Gasteiger partial charge in [0.25, 0.3) is 0 Å². The van der Waals surface area contributed by atoms with Crippen LogP contribution in [0.4, 0.5) is 8.78 Å². The molecule has 1 aromatic rings. The molecule has 0 radical (unpaired) electrons. The van der Waals surface area contributed by atoms with E-state index in [1.54, 1.807) is 0 Å². The van der Waals surface area contributed by atoms with E-state index in [-0.39, 0.29) is 12.5 Å². The van der Waals surface area contributed by atoms with Crippen molar-refractivity contribution in [3.05, 3.63) is 23.8 Å². The minimum Gasteiger partial charge on any atom is -0.487 e. The Morgan fingerprint density at radius 2 is 1.94 bits per heavy atom. The Morgan fingerprint density at radius 1 is 1.31 bits per heavy atom. The van der Waals surface area contributed by atoms with Crippen molar-refractivity contribution in [2.75, 3.05) is 6.61 Å². The zero-order chi connectivity index (χ0) is 12.3. The highest BCUT2D eigenvalue weighted by molar-refractivity contribution is 6.58. The van der Waals surface area contributed by atoms with Crippen LogP contribution in [0.15, 0.2) is 12.1 Å². The fraction of sp³-hybridized carbons (Fsp3) is 0.400. The lowest BCUT2D eigenvalue weighted by atomic mass is 9.80. The van der Waals surface area contributed by atoms with Gasteiger partial charge in [-0.05, 0) is 12.0 Å². The summed E-state index contributed by atoms with van der Waals surface area (Å²) in [5, 5.41) is 17.7. The summed E-state index contributed by atoms with van der Waals surface area (Å²) in [5.74, 6) is -2.39. The molecule has 0 amide bonds. The lowest BCUT2D eigenvalue weighted by molar-refractivity contribution is 0.247. The number of ether oxygens (including phenoxy) is 1. The van der Waals surface area contributed by atoms with Crippen LogP contribution in [0.1, 0.15) is 13.8 Å². The molecule has 2 N–H and O–H groups in total. The first-order valence-corrected chi connectivity index (χ1v) is 4.90. The molecule has 0 aliphatic heterocycles. The fourth-order valence-electron chi connectivity index (χ4n) is 1.13. The molecule has 0 saturated carbocycles. The van der Waals surface area contributed by atoms with E-state index in [1.807, 2.05) is 13.8 Å². The van der Waals surface area contributed by atoms with Crippen LogP contribution < -0.4 is 10.2 Å². The second kappa shape index (κ2) is 5.27. The Hall–Kier alpha value is -1.14. The van der Waals surface area contributed by atoms with E-state index in [0.29, 0.717) is 0 Å². The molecule has 0 unspecified atom stereocenters. The lowest BCUT2D eigenvalue weighted by Crippen LogP contribution is -2.33. The smallest absolute Gasteiger partial charge is 0.487 e. The van der Waals surface area contributed by atoms with E-state index in [9.17, 15) is 8.78 Å². The summed E-state index contributed by atoms with van der Waals surface area (Å²) in [4.78, 5) is 0. The monoisotopic (exact) mass is 230 g/mol. The Balaban J connectivity index is 3.01. The fourth-order valence-corrected chi connectivity index (χ4v) is 1.13. The average Bonchev–Trinajstić information content (AvgIpc) is 2.16. The molecule has 0 aliphatic carbocycles. The molecule has 6 heteroatoms. The molecule has 0 spiro atoms. The zero-order valence-electron chi connectivity index (χ0n) is 9.08. The minimum atomic E-state index is -1.98. The van der Waals surface area contributed by atoms with Crippen LogP contribution in [0.25, 0.3) is 0 Å². The molecule has 0 heterocycles. The summed E-state index contributed by atoms with van der Waals surface area (Å²) < 4.78 is 31.7. The molecule has 88 valence electrons. The molecule has 0 bridgehead atoms. The van der Waals surface area contributed by atoms with Crippen molar-refractivity contribution < 1.29 is 23.6 Å². The highest BCUT2D eigenvalue weighted by atomic mass is 19.1. The van der Waals surface area contributed by atoms with E-state index in [0.717, 1.165) is 12.1 Å². The van der Waals surface area contributed by atoms with Crippen molar-refractivity contribution in [2.45, 2.75) is 13.8 Å². The van der Waals surface area contributed by atoms with Gasteiger partial charge in [0, 0.05) is 5.46 Å². The van der Waals surface area contributed by atoms with Crippen molar-refractivity contribution in [3.8, 4) is 5.75 Å². The van der Waals surface area contributed by atoms with Crippen LogP contribution in [0.5, 0.6) is 5.75 Å². The van der Waals surface area contributed by atoms with Gasteiger partial charge >= 0.3 is 7.12 Å². The third-order valence-electron chi connectivity index (χ3n) is 1.92. The predicted octanol–water partition coefficient (Wildman–Crippen LogP) is 0.679. The number of rotatable bonds is 4. The average molecular weight is 230 g/mol. The van der Waals surface area contributed by atoms with Crippen molar-refractivity contribution in [2.24, 2.45) is 5.92 Å². The Labute approximate surface area is 92.8 Å². The third kappa shape index (κ3) is 2.93. The van der Waals surface area contributed by atoms with Gasteiger partial charge in [-0.15, -0.1) is 0 Å². The van der Waals surface area contributed by atoms with E-state index in [2.05, 4.69) is 0 Å². The highest BCUT2D eigenvalue weighted by Gasteiger charge is 2.22. The SMILES string of the molecule is CC(C)COc1c(F)ccc(B(O)O)c1F. The van der Waals surface area contributed by atoms with Gasteiger partial charge in [0.15, 0.2) is 17.4 Å². The summed E-state index contributed by atoms with van der Waals surface area (Å²) in [6.45, 7) is 3.82. The van der Waals surface area contributed by atoms with Crippen molar-refractivity contribution in [1.29, 1.82) is 0 Å². The molecule has 3 nitrogen and oxygen atoms in total.